The van der Waals surface area contributed by atoms with Crippen LogP contribution in [0.3, 0.4) is 0 Å². The quantitative estimate of drug-likeness (QED) is 0.829. The van der Waals surface area contributed by atoms with E-state index in [2.05, 4.69) is 11.0 Å². The van der Waals surface area contributed by atoms with Crippen LogP contribution in [0.25, 0.3) is 0 Å². The normalized spacial score (nSPS) is 20.8. The highest BCUT2D eigenvalue weighted by Gasteiger charge is 2.26. The molecule has 0 bridgehead atoms. The number of aliphatic hydroxyl groups is 2. The lowest BCUT2D eigenvalue weighted by Gasteiger charge is -2.30. The van der Waals surface area contributed by atoms with E-state index >= 15 is 0 Å². The molecule has 0 saturated carbocycles. The molecule has 1 aromatic carbocycles. The Balaban J connectivity index is 2.20. The number of nitrogens with zero attached hydrogens (tertiary/aromatic N) is 1. The van der Waals surface area contributed by atoms with Gasteiger partial charge in [0.25, 0.3) is 0 Å². The van der Waals surface area contributed by atoms with E-state index in [1.807, 2.05) is 25.1 Å². The van der Waals surface area contributed by atoms with Gasteiger partial charge in [-0.15, -0.1) is 0 Å². The Hall–Kier alpha value is -1.06. The highest BCUT2D eigenvalue weighted by Crippen LogP contribution is 2.34. The fourth-order valence-electron chi connectivity index (χ4n) is 3.03. The summed E-state index contributed by atoms with van der Waals surface area (Å²) in [4.78, 5) is 2.42. The molecule has 0 aromatic heterocycles. The number of para-hydroxylation sites is 1. The number of hydrogen-bond donors (Lipinski definition) is 2. The third-order valence-electron chi connectivity index (χ3n) is 4.06. The molecule has 19 heavy (non-hydrogen) atoms. The van der Waals surface area contributed by atoms with Gasteiger partial charge in [0, 0.05) is 30.4 Å². The summed E-state index contributed by atoms with van der Waals surface area (Å²) in [5.41, 5.74) is 2.22. The molecule has 2 rings (SSSR count). The predicted molar refractivity (Wildman–Crippen MR) is 78.4 cm³/mol. The molecule has 1 heterocycles. The minimum atomic E-state index is -0.379. The fourth-order valence-corrected chi connectivity index (χ4v) is 3.03. The van der Waals surface area contributed by atoms with Crippen LogP contribution in [-0.2, 0) is 0 Å². The van der Waals surface area contributed by atoms with Crippen molar-refractivity contribution in [2.45, 2.75) is 51.2 Å². The van der Waals surface area contributed by atoms with Gasteiger partial charge in [-0.05, 0) is 38.2 Å². The molecule has 1 aromatic rings. The van der Waals surface area contributed by atoms with Crippen molar-refractivity contribution in [2.75, 3.05) is 18.1 Å². The van der Waals surface area contributed by atoms with Crippen LogP contribution < -0.4 is 4.90 Å². The molecule has 0 radical (unpaired) electrons. The van der Waals surface area contributed by atoms with Gasteiger partial charge in [-0.25, -0.2) is 0 Å². The second kappa shape index (κ2) is 6.92. The molecule has 2 atom stereocenters. The van der Waals surface area contributed by atoms with Crippen molar-refractivity contribution in [1.29, 1.82) is 0 Å². The summed E-state index contributed by atoms with van der Waals surface area (Å²) in [6.07, 6.45) is 4.65. The summed E-state index contributed by atoms with van der Waals surface area (Å²) in [7, 11) is 0. The highest BCUT2D eigenvalue weighted by atomic mass is 16.3. The van der Waals surface area contributed by atoms with Crippen molar-refractivity contribution >= 4 is 5.69 Å². The zero-order valence-corrected chi connectivity index (χ0v) is 11.8. The molecule has 0 amide bonds. The molecular weight excluding hydrogens is 238 g/mol. The third kappa shape index (κ3) is 3.28. The van der Waals surface area contributed by atoms with Crippen molar-refractivity contribution in [2.24, 2.45) is 0 Å². The van der Waals surface area contributed by atoms with E-state index in [4.69, 9.17) is 5.11 Å². The van der Waals surface area contributed by atoms with Gasteiger partial charge in [-0.2, -0.15) is 0 Å². The molecule has 1 aliphatic rings. The monoisotopic (exact) mass is 263 g/mol. The summed E-state index contributed by atoms with van der Waals surface area (Å²) in [5, 5.41) is 19.2. The Kier molecular flexibility index (Phi) is 5.23. The molecule has 106 valence electrons. The molecule has 1 aliphatic heterocycles. The van der Waals surface area contributed by atoms with Crippen LogP contribution in [0.4, 0.5) is 5.69 Å². The van der Waals surface area contributed by atoms with Gasteiger partial charge in [-0.1, -0.05) is 25.1 Å². The van der Waals surface area contributed by atoms with Crippen molar-refractivity contribution < 1.29 is 10.2 Å². The second-order valence-electron chi connectivity index (χ2n) is 5.34. The van der Waals surface area contributed by atoms with Crippen molar-refractivity contribution in [3.8, 4) is 0 Å². The van der Waals surface area contributed by atoms with Crippen LogP contribution in [0, 0.1) is 0 Å². The number of hydrogen-bond acceptors (Lipinski definition) is 3. The topological polar surface area (TPSA) is 43.7 Å². The summed E-state index contributed by atoms with van der Waals surface area (Å²) >= 11 is 0. The van der Waals surface area contributed by atoms with E-state index in [1.165, 1.54) is 18.5 Å². The largest absolute Gasteiger partial charge is 0.396 e. The first-order chi connectivity index (χ1) is 9.27. The van der Waals surface area contributed by atoms with Gasteiger partial charge < -0.3 is 15.1 Å². The lowest BCUT2D eigenvalue weighted by molar-refractivity contribution is 0.174. The van der Waals surface area contributed by atoms with Gasteiger partial charge in [0.1, 0.15) is 0 Å². The van der Waals surface area contributed by atoms with Crippen molar-refractivity contribution in [3.63, 3.8) is 0 Å². The molecule has 3 heteroatoms. The third-order valence-corrected chi connectivity index (χ3v) is 4.06. The number of rotatable bonds is 6. The minimum Gasteiger partial charge on any atom is -0.396 e. The molecule has 2 unspecified atom stereocenters. The second-order valence-corrected chi connectivity index (χ2v) is 5.34. The predicted octanol–water partition coefficient (Wildman–Crippen LogP) is 2.87. The van der Waals surface area contributed by atoms with Gasteiger partial charge in [0.2, 0.25) is 0 Å². The molecule has 1 fully saturated rings. The summed E-state index contributed by atoms with van der Waals surface area (Å²) < 4.78 is 0. The zero-order chi connectivity index (χ0) is 13.7. The lowest BCUT2D eigenvalue weighted by atomic mass is 10.0. The first-order valence-corrected chi connectivity index (χ1v) is 7.42. The van der Waals surface area contributed by atoms with Crippen molar-refractivity contribution in [3.05, 3.63) is 29.8 Å². The molecule has 0 aliphatic carbocycles. The Morgan fingerprint density at radius 2 is 2.16 bits per heavy atom. The van der Waals surface area contributed by atoms with Crippen LogP contribution in [0.2, 0.25) is 0 Å². The summed E-state index contributed by atoms with van der Waals surface area (Å²) in [6.45, 7) is 3.34. The number of benzene rings is 1. The first kappa shape index (κ1) is 14.4. The maximum absolute atomic E-state index is 10.2. The number of aliphatic hydroxyl groups excluding tert-OH is 2. The smallest absolute Gasteiger partial charge is 0.0807 e. The van der Waals surface area contributed by atoms with Gasteiger partial charge in [-0.3, -0.25) is 0 Å². The Morgan fingerprint density at radius 3 is 2.89 bits per heavy atom. The van der Waals surface area contributed by atoms with E-state index in [1.54, 1.807) is 0 Å². The molecular formula is C16H25NO2. The van der Waals surface area contributed by atoms with Crippen LogP contribution in [0.1, 0.15) is 50.7 Å². The Labute approximate surface area is 115 Å². The van der Waals surface area contributed by atoms with E-state index < -0.39 is 0 Å². The average Bonchev–Trinajstić information content (AvgIpc) is 2.92. The Bertz CT molecular complexity index is 394. The van der Waals surface area contributed by atoms with Crippen LogP contribution in [0.15, 0.2) is 24.3 Å². The number of anilines is 1. The SMILES string of the molecule is CCC(O)c1ccccc1N1CCCC1CCCO. The zero-order valence-electron chi connectivity index (χ0n) is 11.8. The minimum absolute atomic E-state index is 0.267. The molecule has 2 N–H and O–H groups in total. The van der Waals surface area contributed by atoms with Gasteiger partial charge in [0.05, 0.1) is 6.10 Å². The standard InChI is InChI=1S/C16H25NO2/c1-2-16(19)14-9-3-4-10-15(14)17-11-5-7-13(17)8-6-12-18/h3-4,9-10,13,16,18-19H,2,5-8,11-12H2,1H3. The van der Waals surface area contributed by atoms with Gasteiger partial charge in [0.15, 0.2) is 0 Å². The molecule has 3 nitrogen and oxygen atoms in total. The summed E-state index contributed by atoms with van der Waals surface area (Å²) in [5.74, 6) is 0. The van der Waals surface area contributed by atoms with E-state index in [0.29, 0.717) is 6.04 Å². The molecule has 1 saturated heterocycles. The maximum Gasteiger partial charge on any atom is 0.0807 e. The fraction of sp³-hybridized carbons (Fsp3) is 0.625. The van der Waals surface area contributed by atoms with E-state index in [-0.39, 0.29) is 12.7 Å². The molecule has 0 spiro atoms. The van der Waals surface area contributed by atoms with Crippen molar-refractivity contribution in [1.82, 2.24) is 0 Å². The first-order valence-electron chi connectivity index (χ1n) is 7.42. The Morgan fingerprint density at radius 1 is 1.37 bits per heavy atom. The highest BCUT2D eigenvalue weighted by molar-refractivity contribution is 5.56. The van der Waals surface area contributed by atoms with Crippen LogP contribution in [-0.4, -0.2) is 29.4 Å². The van der Waals surface area contributed by atoms with Crippen LogP contribution in [0.5, 0.6) is 0 Å². The lowest BCUT2D eigenvalue weighted by Crippen LogP contribution is -2.30. The van der Waals surface area contributed by atoms with E-state index in [9.17, 15) is 5.11 Å². The van der Waals surface area contributed by atoms with E-state index in [0.717, 1.165) is 31.4 Å². The maximum atomic E-state index is 10.2. The summed E-state index contributed by atoms with van der Waals surface area (Å²) in [6, 6.07) is 8.70. The van der Waals surface area contributed by atoms with Crippen LogP contribution >= 0.6 is 0 Å². The average molecular weight is 263 g/mol. The van der Waals surface area contributed by atoms with Gasteiger partial charge >= 0.3 is 0 Å².